The van der Waals surface area contributed by atoms with Crippen molar-refractivity contribution in [3.63, 3.8) is 0 Å². The Morgan fingerprint density at radius 2 is 1.64 bits per heavy atom. The average molecular weight is 441 g/mol. The lowest BCUT2D eigenvalue weighted by atomic mass is 9.97. The van der Waals surface area contributed by atoms with Gasteiger partial charge in [0.25, 0.3) is 5.91 Å². The molecule has 1 amide bonds. The molecule has 6 heteroatoms. The van der Waals surface area contributed by atoms with Crippen LogP contribution in [0.15, 0.2) is 69.9 Å². The van der Waals surface area contributed by atoms with Gasteiger partial charge in [-0.3, -0.25) is 9.59 Å². The molecule has 0 saturated carbocycles. The number of methoxy groups -OCH3 is 1. The molecule has 5 rings (SSSR count). The van der Waals surface area contributed by atoms with E-state index < -0.39 is 6.04 Å². The number of phenolic OH excluding ortho intramolecular Hbond substituents is 1. The standard InChI is InChI=1S/C27H23NO5/c1-15-12-21-22(13-16(15)2)33-26-23(25(21)30)24(18-6-8-19(29)9-7-18)28(27(26)31)14-17-4-10-20(32-3)11-5-17/h4-13,24,29H,14H2,1-3H3. The third-order valence-electron chi connectivity index (χ3n) is 6.30. The van der Waals surface area contributed by atoms with Crippen molar-refractivity contribution in [2.45, 2.75) is 26.4 Å². The predicted molar refractivity (Wildman–Crippen MR) is 125 cm³/mol. The van der Waals surface area contributed by atoms with E-state index in [-0.39, 0.29) is 29.4 Å². The number of carbonyl (C=O) groups is 1. The molecule has 33 heavy (non-hydrogen) atoms. The summed E-state index contributed by atoms with van der Waals surface area (Å²) in [5.74, 6) is 0.568. The first kappa shape index (κ1) is 20.8. The number of phenols is 1. The molecule has 0 radical (unpaired) electrons. The van der Waals surface area contributed by atoms with Crippen molar-refractivity contribution in [1.29, 1.82) is 0 Å². The molecule has 6 nitrogen and oxygen atoms in total. The second kappa shape index (κ2) is 7.81. The zero-order valence-corrected chi connectivity index (χ0v) is 18.6. The Labute approximate surface area is 190 Å². The summed E-state index contributed by atoms with van der Waals surface area (Å²) in [6.07, 6.45) is 0. The number of hydrogen-bond acceptors (Lipinski definition) is 5. The first-order chi connectivity index (χ1) is 15.9. The van der Waals surface area contributed by atoms with E-state index in [1.807, 2.05) is 44.2 Å². The van der Waals surface area contributed by atoms with E-state index in [1.165, 1.54) is 0 Å². The van der Waals surface area contributed by atoms with Crippen LogP contribution >= 0.6 is 0 Å². The monoisotopic (exact) mass is 441 g/mol. The number of nitrogens with zero attached hydrogens (tertiary/aromatic N) is 1. The highest BCUT2D eigenvalue weighted by atomic mass is 16.5. The summed E-state index contributed by atoms with van der Waals surface area (Å²) >= 11 is 0. The van der Waals surface area contributed by atoms with Gasteiger partial charge in [0.1, 0.15) is 17.1 Å². The molecule has 0 spiro atoms. The Kier molecular flexibility index (Phi) is 4.93. The molecule has 0 aliphatic carbocycles. The zero-order chi connectivity index (χ0) is 23.3. The summed E-state index contributed by atoms with van der Waals surface area (Å²) in [4.78, 5) is 28.8. The van der Waals surface area contributed by atoms with Gasteiger partial charge in [0.2, 0.25) is 5.76 Å². The molecular weight excluding hydrogens is 418 g/mol. The maximum absolute atomic E-state index is 13.7. The van der Waals surface area contributed by atoms with Crippen LogP contribution in [0.1, 0.15) is 44.4 Å². The van der Waals surface area contributed by atoms with E-state index in [2.05, 4.69) is 0 Å². The zero-order valence-electron chi connectivity index (χ0n) is 18.6. The Balaban J connectivity index is 1.70. The maximum Gasteiger partial charge on any atom is 0.291 e. The molecule has 4 aromatic rings. The molecule has 0 bridgehead atoms. The van der Waals surface area contributed by atoms with Crippen LogP contribution in [0.25, 0.3) is 11.0 Å². The van der Waals surface area contributed by atoms with Gasteiger partial charge >= 0.3 is 0 Å². The summed E-state index contributed by atoms with van der Waals surface area (Å²) in [5, 5.41) is 10.2. The Morgan fingerprint density at radius 3 is 2.30 bits per heavy atom. The lowest BCUT2D eigenvalue weighted by Gasteiger charge is -2.25. The topological polar surface area (TPSA) is 80.0 Å². The maximum atomic E-state index is 13.7. The molecule has 1 aromatic heterocycles. The highest BCUT2D eigenvalue weighted by Crippen LogP contribution is 2.39. The van der Waals surface area contributed by atoms with Gasteiger partial charge in [0.05, 0.1) is 24.1 Å². The smallest absolute Gasteiger partial charge is 0.291 e. The number of ether oxygens (including phenoxy) is 1. The minimum atomic E-state index is -0.627. The van der Waals surface area contributed by atoms with Gasteiger partial charge in [0.15, 0.2) is 5.43 Å². The number of amides is 1. The summed E-state index contributed by atoms with van der Waals surface area (Å²) in [7, 11) is 1.60. The molecule has 3 aromatic carbocycles. The summed E-state index contributed by atoms with van der Waals surface area (Å²) in [5.41, 5.74) is 4.11. The second-order valence-electron chi connectivity index (χ2n) is 8.38. The minimum Gasteiger partial charge on any atom is -0.508 e. The third-order valence-corrected chi connectivity index (χ3v) is 6.30. The van der Waals surface area contributed by atoms with Crippen molar-refractivity contribution in [3.05, 3.63) is 104 Å². The van der Waals surface area contributed by atoms with Crippen molar-refractivity contribution in [1.82, 2.24) is 4.90 Å². The van der Waals surface area contributed by atoms with Gasteiger partial charge in [-0.1, -0.05) is 24.3 Å². The van der Waals surface area contributed by atoms with Crippen LogP contribution in [0.5, 0.6) is 11.5 Å². The average Bonchev–Trinajstić information content (AvgIpc) is 3.08. The van der Waals surface area contributed by atoms with Gasteiger partial charge in [-0.25, -0.2) is 0 Å². The van der Waals surface area contributed by atoms with Crippen molar-refractivity contribution in [3.8, 4) is 11.5 Å². The number of rotatable bonds is 4. The first-order valence-electron chi connectivity index (χ1n) is 10.7. The van der Waals surface area contributed by atoms with Crippen LogP contribution in [0.4, 0.5) is 0 Å². The molecule has 1 atom stereocenters. The van der Waals surface area contributed by atoms with E-state index in [0.717, 1.165) is 28.0 Å². The molecule has 1 unspecified atom stereocenters. The molecular formula is C27H23NO5. The van der Waals surface area contributed by atoms with E-state index in [1.54, 1.807) is 42.3 Å². The molecule has 166 valence electrons. The highest BCUT2D eigenvalue weighted by Gasteiger charge is 2.42. The van der Waals surface area contributed by atoms with Crippen LogP contribution in [-0.4, -0.2) is 23.0 Å². The van der Waals surface area contributed by atoms with Gasteiger partial charge < -0.3 is 19.2 Å². The Morgan fingerprint density at radius 1 is 0.970 bits per heavy atom. The Bertz CT molecular complexity index is 1440. The summed E-state index contributed by atoms with van der Waals surface area (Å²) in [6, 6.07) is 17.0. The molecule has 1 aliphatic rings. The Hall–Kier alpha value is -4.06. The van der Waals surface area contributed by atoms with Crippen LogP contribution in [-0.2, 0) is 6.54 Å². The second-order valence-corrected chi connectivity index (χ2v) is 8.38. The van der Waals surface area contributed by atoms with Crippen LogP contribution in [0, 0.1) is 13.8 Å². The fourth-order valence-corrected chi connectivity index (χ4v) is 4.37. The normalized spacial score (nSPS) is 15.2. The summed E-state index contributed by atoms with van der Waals surface area (Å²) in [6.45, 7) is 4.17. The number of benzene rings is 3. The fourth-order valence-electron chi connectivity index (χ4n) is 4.37. The highest BCUT2D eigenvalue weighted by molar-refractivity contribution is 5.99. The SMILES string of the molecule is COc1ccc(CN2C(=O)c3oc4cc(C)c(C)cc4c(=O)c3C2c2ccc(O)cc2)cc1. The lowest BCUT2D eigenvalue weighted by molar-refractivity contribution is 0.0714. The lowest BCUT2D eigenvalue weighted by Crippen LogP contribution is -2.29. The van der Waals surface area contributed by atoms with Crippen LogP contribution in [0.3, 0.4) is 0 Å². The van der Waals surface area contributed by atoms with Crippen LogP contribution < -0.4 is 10.2 Å². The van der Waals surface area contributed by atoms with Crippen molar-refractivity contribution >= 4 is 16.9 Å². The van der Waals surface area contributed by atoms with E-state index in [9.17, 15) is 14.7 Å². The molecule has 1 aliphatic heterocycles. The molecule has 0 saturated heterocycles. The quantitative estimate of drug-likeness (QED) is 0.489. The molecule has 0 fully saturated rings. The molecule has 2 heterocycles. The summed E-state index contributed by atoms with van der Waals surface area (Å²) < 4.78 is 11.3. The fraction of sp³-hybridized carbons (Fsp3) is 0.185. The van der Waals surface area contributed by atoms with Gasteiger partial charge in [-0.15, -0.1) is 0 Å². The van der Waals surface area contributed by atoms with Crippen molar-refractivity contribution in [2.75, 3.05) is 7.11 Å². The first-order valence-corrected chi connectivity index (χ1v) is 10.7. The number of hydrogen-bond donors (Lipinski definition) is 1. The van der Waals surface area contributed by atoms with Gasteiger partial charge in [-0.05, 0) is 72.5 Å². The van der Waals surface area contributed by atoms with E-state index in [0.29, 0.717) is 16.5 Å². The van der Waals surface area contributed by atoms with Gasteiger partial charge in [-0.2, -0.15) is 0 Å². The predicted octanol–water partition coefficient (Wildman–Crippen LogP) is 4.87. The number of aromatic hydroxyl groups is 1. The van der Waals surface area contributed by atoms with Crippen molar-refractivity contribution < 1.29 is 19.1 Å². The van der Waals surface area contributed by atoms with Crippen LogP contribution in [0.2, 0.25) is 0 Å². The number of aryl methyl sites for hydroxylation is 2. The largest absolute Gasteiger partial charge is 0.508 e. The van der Waals surface area contributed by atoms with Crippen molar-refractivity contribution in [2.24, 2.45) is 0 Å². The third kappa shape index (κ3) is 3.44. The molecule has 1 N–H and O–H groups in total. The minimum absolute atomic E-state index is 0.0716. The number of fused-ring (bicyclic) bond motifs is 2. The van der Waals surface area contributed by atoms with E-state index >= 15 is 0 Å². The van der Waals surface area contributed by atoms with Gasteiger partial charge in [0, 0.05) is 6.54 Å². The number of carbonyl (C=O) groups excluding carboxylic acids is 1. The van der Waals surface area contributed by atoms with E-state index in [4.69, 9.17) is 9.15 Å².